The molecule has 2 aliphatic heterocycles. The predicted octanol–water partition coefficient (Wildman–Crippen LogP) is 5.27. The number of non-ortho nitro benzene ring substituents is 1. The zero-order valence-corrected chi connectivity index (χ0v) is 20.2. The van der Waals surface area contributed by atoms with Gasteiger partial charge in [0.25, 0.3) is 17.5 Å². The minimum absolute atomic E-state index is 0.0733. The van der Waals surface area contributed by atoms with Crippen LogP contribution in [-0.2, 0) is 11.8 Å². The molecule has 0 radical (unpaired) electrons. The van der Waals surface area contributed by atoms with Gasteiger partial charge >= 0.3 is 0 Å². The maximum atomic E-state index is 14.7. The number of likely N-dealkylation sites (tertiary alicyclic amines) is 1. The lowest BCUT2D eigenvalue weighted by Gasteiger charge is -2.40. The molecule has 1 spiro atoms. The number of nitro benzene ring substituents is 1. The van der Waals surface area contributed by atoms with E-state index >= 15 is 0 Å². The average molecular weight is 506 g/mol. The van der Waals surface area contributed by atoms with Crippen molar-refractivity contribution < 1.29 is 23.3 Å². The lowest BCUT2D eigenvalue weighted by atomic mass is 9.74. The van der Waals surface area contributed by atoms with E-state index in [2.05, 4.69) is 0 Å². The number of rotatable bonds is 4. The number of carbonyl (C=O) groups excluding carboxylic acids is 2. The summed E-state index contributed by atoms with van der Waals surface area (Å²) in [7, 11) is 0. The van der Waals surface area contributed by atoms with Crippen molar-refractivity contribution in [3.63, 3.8) is 0 Å². The van der Waals surface area contributed by atoms with Crippen LogP contribution in [0.2, 0.25) is 0 Å². The summed E-state index contributed by atoms with van der Waals surface area (Å²) in [5, 5.41) is 11.0. The van der Waals surface area contributed by atoms with Gasteiger partial charge < -0.3 is 9.80 Å². The fourth-order valence-corrected chi connectivity index (χ4v) is 5.39. The third-order valence-electron chi connectivity index (χ3n) is 7.54. The second kappa shape index (κ2) is 9.38. The highest BCUT2D eigenvalue weighted by Gasteiger charge is 2.47. The molecule has 37 heavy (non-hydrogen) atoms. The standard InChI is InChI=1S/C28H25F2N3O4/c1-2-18-3-5-19(6-4-18)26(34)31-13-11-28(12-14-31)17-32(25-10-7-20(29)15-23(25)28)27(35)22-9-8-21(33(36)37)16-24(22)30/h3-10,15-16H,2,11-14,17H2,1H3. The zero-order chi connectivity index (χ0) is 26.3. The first-order valence-corrected chi connectivity index (χ1v) is 12.2. The summed E-state index contributed by atoms with van der Waals surface area (Å²) >= 11 is 0. The third-order valence-corrected chi connectivity index (χ3v) is 7.54. The fraction of sp³-hybridized carbons (Fsp3) is 0.286. The SMILES string of the molecule is CCc1ccc(C(=O)N2CCC3(CC2)CN(C(=O)c2ccc([N+](=O)[O-])cc2F)c2ccc(F)cc23)cc1. The molecule has 0 N–H and O–H groups in total. The summed E-state index contributed by atoms with van der Waals surface area (Å²) < 4.78 is 29.0. The maximum Gasteiger partial charge on any atom is 0.272 e. The van der Waals surface area contributed by atoms with E-state index in [1.165, 1.54) is 23.1 Å². The first-order valence-electron chi connectivity index (χ1n) is 12.2. The van der Waals surface area contributed by atoms with E-state index in [-0.39, 0.29) is 18.0 Å². The molecule has 0 aromatic heterocycles. The molecule has 0 bridgehead atoms. The molecule has 1 saturated heterocycles. The number of benzene rings is 3. The van der Waals surface area contributed by atoms with Gasteiger partial charge in [-0.2, -0.15) is 0 Å². The molecule has 0 aliphatic carbocycles. The highest BCUT2D eigenvalue weighted by atomic mass is 19.1. The van der Waals surface area contributed by atoms with Gasteiger partial charge in [-0.15, -0.1) is 0 Å². The number of nitrogens with zero attached hydrogens (tertiary/aromatic N) is 3. The average Bonchev–Trinajstić information content (AvgIpc) is 3.21. The topological polar surface area (TPSA) is 83.8 Å². The molecule has 9 heteroatoms. The second-order valence-corrected chi connectivity index (χ2v) is 9.60. The number of hydrogen-bond donors (Lipinski definition) is 0. The highest BCUT2D eigenvalue weighted by molar-refractivity contribution is 6.08. The van der Waals surface area contributed by atoms with Gasteiger partial charge in [0, 0.05) is 42.4 Å². The van der Waals surface area contributed by atoms with E-state index in [9.17, 15) is 28.5 Å². The van der Waals surface area contributed by atoms with Crippen LogP contribution < -0.4 is 4.90 Å². The Kier molecular flexibility index (Phi) is 6.23. The number of hydrogen-bond acceptors (Lipinski definition) is 4. The van der Waals surface area contributed by atoms with Crippen molar-refractivity contribution in [3.05, 3.63) is 105 Å². The van der Waals surface area contributed by atoms with Crippen LogP contribution in [0.1, 0.15) is 51.6 Å². The number of halogens is 2. The molecule has 0 saturated carbocycles. The lowest BCUT2D eigenvalue weighted by molar-refractivity contribution is -0.385. The summed E-state index contributed by atoms with van der Waals surface area (Å²) in [5.74, 6) is -2.15. The Morgan fingerprint density at radius 3 is 2.30 bits per heavy atom. The molecule has 7 nitrogen and oxygen atoms in total. The van der Waals surface area contributed by atoms with Crippen molar-refractivity contribution in [2.45, 2.75) is 31.6 Å². The van der Waals surface area contributed by atoms with Crippen molar-refractivity contribution >= 4 is 23.2 Å². The number of carbonyl (C=O) groups is 2. The van der Waals surface area contributed by atoms with Crippen LogP contribution in [0.5, 0.6) is 0 Å². The van der Waals surface area contributed by atoms with Gasteiger partial charge in [0.2, 0.25) is 0 Å². The van der Waals surface area contributed by atoms with E-state index in [1.807, 2.05) is 31.2 Å². The maximum absolute atomic E-state index is 14.7. The molecule has 2 heterocycles. The Hall–Kier alpha value is -4.14. The van der Waals surface area contributed by atoms with Crippen LogP contribution in [0, 0.1) is 21.7 Å². The van der Waals surface area contributed by atoms with Crippen LogP contribution >= 0.6 is 0 Å². The monoisotopic (exact) mass is 505 g/mol. The van der Waals surface area contributed by atoms with Gasteiger partial charge in [-0.1, -0.05) is 19.1 Å². The number of piperidine rings is 1. The first-order chi connectivity index (χ1) is 17.7. The number of anilines is 1. The molecule has 3 aromatic carbocycles. The van der Waals surface area contributed by atoms with Gasteiger partial charge in [0.15, 0.2) is 0 Å². The van der Waals surface area contributed by atoms with Crippen molar-refractivity contribution in [3.8, 4) is 0 Å². The molecule has 3 aromatic rings. The van der Waals surface area contributed by atoms with Crippen molar-refractivity contribution in [2.24, 2.45) is 0 Å². The minimum atomic E-state index is -0.988. The Morgan fingerprint density at radius 2 is 1.68 bits per heavy atom. The van der Waals surface area contributed by atoms with Crippen molar-refractivity contribution in [1.82, 2.24) is 4.90 Å². The third kappa shape index (κ3) is 4.34. The van der Waals surface area contributed by atoms with E-state index in [1.54, 1.807) is 4.90 Å². The Bertz CT molecular complexity index is 1400. The van der Waals surface area contributed by atoms with Crippen molar-refractivity contribution in [2.75, 3.05) is 24.5 Å². The Morgan fingerprint density at radius 1 is 0.973 bits per heavy atom. The molecular formula is C28H25F2N3O4. The Balaban J connectivity index is 1.40. The summed E-state index contributed by atoms with van der Waals surface area (Å²) in [6, 6.07) is 14.6. The quantitative estimate of drug-likeness (QED) is 0.357. The molecule has 2 amide bonds. The lowest BCUT2D eigenvalue weighted by Crippen LogP contribution is -2.48. The Labute approximate surface area is 212 Å². The van der Waals surface area contributed by atoms with Crippen LogP contribution in [-0.4, -0.2) is 41.3 Å². The van der Waals surface area contributed by atoms with Gasteiger partial charge in [-0.05, 0) is 66.8 Å². The largest absolute Gasteiger partial charge is 0.339 e. The van der Waals surface area contributed by atoms with E-state index in [0.29, 0.717) is 42.7 Å². The van der Waals surface area contributed by atoms with Gasteiger partial charge in [-0.3, -0.25) is 19.7 Å². The molecule has 190 valence electrons. The first kappa shape index (κ1) is 24.5. The number of aryl methyl sites for hydroxylation is 1. The molecule has 0 unspecified atom stereocenters. The van der Waals surface area contributed by atoms with Crippen LogP contribution in [0.15, 0.2) is 60.7 Å². The molecule has 5 rings (SSSR count). The van der Waals surface area contributed by atoms with E-state index < -0.39 is 33.6 Å². The predicted molar refractivity (Wildman–Crippen MR) is 134 cm³/mol. The molecule has 1 fully saturated rings. The van der Waals surface area contributed by atoms with Crippen LogP contribution in [0.25, 0.3) is 0 Å². The molecule has 0 atom stereocenters. The van der Waals surface area contributed by atoms with Gasteiger partial charge in [0.05, 0.1) is 16.6 Å². The normalized spacial score (nSPS) is 16.1. The second-order valence-electron chi connectivity index (χ2n) is 9.60. The molecule has 2 aliphatic rings. The number of fused-ring (bicyclic) bond motifs is 2. The summed E-state index contributed by atoms with van der Waals surface area (Å²) in [4.78, 5) is 39.9. The molecular weight excluding hydrogens is 480 g/mol. The highest BCUT2D eigenvalue weighted by Crippen LogP contribution is 2.48. The summed E-state index contributed by atoms with van der Waals surface area (Å²) in [6.07, 6.45) is 1.90. The zero-order valence-electron chi connectivity index (χ0n) is 20.2. The number of nitro groups is 1. The van der Waals surface area contributed by atoms with Gasteiger partial charge in [-0.25, -0.2) is 8.78 Å². The summed E-state index contributed by atoms with van der Waals surface area (Å²) in [6.45, 7) is 3.11. The van der Waals surface area contributed by atoms with Crippen LogP contribution in [0.4, 0.5) is 20.2 Å². The van der Waals surface area contributed by atoms with E-state index in [4.69, 9.17) is 0 Å². The van der Waals surface area contributed by atoms with Gasteiger partial charge in [0.1, 0.15) is 11.6 Å². The summed E-state index contributed by atoms with van der Waals surface area (Å²) in [5.41, 5.74) is 1.57. The minimum Gasteiger partial charge on any atom is -0.339 e. The van der Waals surface area contributed by atoms with E-state index in [0.717, 1.165) is 30.2 Å². The smallest absolute Gasteiger partial charge is 0.272 e. The number of amides is 2. The van der Waals surface area contributed by atoms with Crippen molar-refractivity contribution in [1.29, 1.82) is 0 Å². The fourth-order valence-electron chi connectivity index (χ4n) is 5.39. The van der Waals surface area contributed by atoms with Crippen LogP contribution in [0.3, 0.4) is 0 Å².